The van der Waals surface area contributed by atoms with Crippen molar-refractivity contribution < 1.29 is 22.7 Å². The van der Waals surface area contributed by atoms with Crippen LogP contribution in [0.15, 0.2) is 53.4 Å². The number of halogens is 1. The van der Waals surface area contributed by atoms with Crippen molar-refractivity contribution in [3.8, 4) is 0 Å². The molecule has 0 unspecified atom stereocenters. The molecule has 2 aromatic rings. The minimum absolute atomic E-state index is 0.0528. The molecule has 11 heteroatoms. The van der Waals surface area contributed by atoms with Gasteiger partial charge in [-0.1, -0.05) is 41.9 Å². The molecule has 0 radical (unpaired) electrons. The predicted molar refractivity (Wildman–Crippen MR) is 160 cm³/mol. The number of sulfonamides is 1. The average molecular weight is 605 g/mol. The molecular weight excluding hydrogens is 564 g/mol. The van der Waals surface area contributed by atoms with Gasteiger partial charge in [0.1, 0.15) is 5.60 Å². The molecule has 2 aliphatic rings. The van der Waals surface area contributed by atoms with E-state index in [4.69, 9.17) is 16.3 Å². The fourth-order valence-corrected chi connectivity index (χ4v) is 6.99. The van der Waals surface area contributed by atoms with E-state index in [1.807, 2.05) is 62.9 Å². The van der Waals surface area contributed by atoms with Crippen molar-refractivity contribution in [1.82, 2.24) is 14.5 Å². The van der Waals surface area contributed by atoms with Crippen molar-refractivity contribution in [3.05, 3.63) is 59.1 Å². The molecule has 0 aromatic heterocycles. The van der Waals surface area contributed by atoms with Crippen LogP contribution in [0.1, 0.15) is 65.0 Å². The molecule has 0 spiro atoms. The quantitative estimate of drug-likeness (QED) is 0.436. The molecule has 1 atom stereocenters. The lowest BCUT2D eigenvalue weighted by atomic mass is 9.85. The van der Waals surface area contributed by atoms with Crippen LogP contribution in [0, 0.1) is 5.92 Å². The lowest BCUT2D eigenvalue weighted by Gasteiger charge is -2.43. The summed E-state index contributed by atoms with van der Waals surface area (Å²) in [6, 6.07) is 13.8. The number of anilines is 1. The molecule has 2 N–H and O–H groups in total. The fraction of sp³-hybridized carbons (Fsp3) is 0.533. The van der Waals surface area contributed by atoms with Gasteiger partial charge in [-0.05, 0) is 77.1 Å². The van der Waals surface area contributed by atoms with Gasteiger partial charge < -0.3 is 19.9 Å². The topological polar surface area (TPSA) is 108 Å². The Morgan fingerprint density at radius 3 is 2.34 bits per heavy atom. The highest BCUT2D eigenvalue weighted by atomic mass is 35.5. The molecular formula is C30H41ClN4O5S. The first-order valence-electron chi connectivity index (χ1n) is 14.3. The van der Waals surface area contributed by atoms with E-state index in [1.54, 1.807) is 17.0 Å². The third-order valence-electron chi connectivity index (χ3n) is 7.51. The fourth-order valence-electron chi connectivity index (χ4n) is 5.48. The maximum absolute atomic E-state index is 13.8. The summed E-state index contributed by atoms with van der Waals surface area (Å²) in [4.78, 5) is 30.4. The van der Waals surface area contributed by atoms with Crippen LogP contribution < -0.4 is 10.0 Å². The molecule has 1 heterocycles. The number of piperazine rings is 1. The molecule has 224 valence electrons. The number of rotatable bonds is 7. The number of nitrogens with one attached hydrogen (secondary N) is 2. The van der Waals surface area contributed by atoms with Crippen molar-refractivity contribution in [3.63, 3.8) is 0 Å². The molecule has 9 nitrogen and oxygen atoms in total. The first-order chi connectivity index (χ1) is 19.4. The van der Waals surface area contributed by atoms with Crippen LogP contribution in [0.4, 0.5) is 10.5 Å². The molecule has 2 fully saturated rings. The van der Waals surface area contributed by atoms with E-state index in [-0.39, 0.29) is 34.9 Å². The van der Waals surface area contributed by atoms with Gasteiger partial charge >= 0.3 is 6.09 Å². The lowest BCUT2D eigenvalue weighted by Crippen LogP contribution is -2.54. The van der Waals surface area contributed by atoms with Crippen LogP contribution >= 0.6 is 11.6 Å². The van der Waals surface area contributed by atoms with E-state index in [1.165, 1.54) is 6.07 Å². The monoisotopic (exact) mass is 604 g/mol. The van der Waals surface area contributed by atoms with Gasteiger partial charge in [-0.15, -0.1) is 0 Å². The van der Waals surface area contributed by atoms with Gasteiger partial charge in [0.15, 0.2) is 0 Å². The third kappa shape index (κ3) is 7.93. The lowest BCUT2D eigenvalue weighted by molar-refractivity contribution is -0.142. The van der Waals surface area contributed by atoms with Crippen LogP contribution in [-0.2, 0) is 19.6 Å². The van der Waals surface area contributed by atoms with E-state index >= 15 is 0 Å². The second kappa shape index (κ2) is 13.0. The number of benzene rings is 2. The van der Waals surface area contributed by atoms with Crippen LogP contribution in [0.2, 0.25) is 5.02 Å². The SMILES string of the molecule is CCNc1cc(S(=O)(=O)NC2CCC(C(=O)N3CCN(C(=O)OC(C)(C)C)C[C@@H]3c3ccccc3)CC2)ccc1Cl. The summed E-state index contributed by atoms with van der Waals surface area (Å²) in [6.45, 7) is 9.22. The summed E-state index contributed by atoms with van der Waals surface area (Å²) >= 11 is 6.19. The van der Waals surface area contributed by atoms with Crippen molar-refractivity contribution >= 4 is 39.3 Å². The van der Waals surface area contributed by atoms with E-state index in [9.17, 15) is 18.0 Å². The van der Waals surface area contributed by atoms with E-state index in [2.05, 4.69) is 10.0 Å². The predicted octanol–water partition coefficient (Wildman–Crippen LogP) is 5.43. The Hall–Kier alpha value is -2.82. The zero-order valence-electron chi connectivity index (χ0n) is 24.2. The van der Waals surface area contributed by atoms with Gasteiger partial charge in [0.25, 0.3) is 0 Å². The molecule has 0 bridgehead atoms. The zero-order valence-corrected chi connectivity index (χ0v) is 25.8. The highest BCUT2D eigenvalue weighted by Crippen LogP contribution is 2.33. The standard InChI is InChI=1S/C30H41ClN4O5S/c1-5-32-26-19-24(15-16-25(26)31)41(38,39)33-23-13-11-22(12-14-23)28(36)35-18-17-34(29(37)40-30(2,3)4)20-27(35)21-9-7-6-8-10-21/h6-10,15-16,19,22-23,27,32-33H,5,11-14,17-18,20H2,1-4H3/t22?,23?,27-/m1/s1. The molecule has 1 saturated heterocycles. The van der Waals surface area contributed by atoms with Gasteiger partial charge in [0, 0.05) is 38.1 Å². The van der Waals surface area contributed by atoms with Crippen molar-refractivity contribution in [2.45, 2.75) is 76.0 Å². The summed E-state index contributed by atoms with van der Waals surface area (Å²) in [5.41, 5.74) is 0.941. The number of nitrogens with zero attached hydrogens (tertiary/aromatic N) is 2. The summed E-state index contributed by atoms with van der Waals surface area (Å²) in [7, 11) is -3.74. The minimum Gasteiger partial charge on any atom is -0.444 e. The largest absolute Gasteiger partial charge is 0.444 e. The molecule has 41 heavy (non-hydrogen) atoms. The zero-order chi connectivity index (χ0) is 29.8. The van der Waals surface area contributed by atoms with Crippen molar-refractivity contribution in [1.29, 1.82) is 0 Å². The number of amides is 2. The molecule has 1 aliphatic carbocycles. The van der Waals surface area contributed by atoms with Crippen molar-refractivity contribution in [2.75, 3.05) is 31.5 Å². The van der Waals surface area contributed by atoms with Gasteiger partial charge in [0.05, 0.1) is 21.6 Å². The van der Waals surface area contributed by atoms with Gasteiger partial charge in [-0.25, -0.2) is 17.9 Å². The van der Waals surface area contributed by atoms with Gasteiger partial charge in [0.2, 0.25) is 15.9 Å². The second-order valence-corrected chi connectivity index (χ2v) is 13.8. The summed E-state index contributed by atoms with van der Waals surface area (Å²) < 4.78 is 34.6. The Labute approximate surface area is 248 Å². The van der Waals surface area contributed by atoms with Crippen LogP contribution in [0.25, 0.3) is 0 Å². The maximum atomic E-state index is 13.8. The molecule has 1 aliphatic heterocycles. The van der Waals surface area contributed by atoms with Gasteiger partial charge in [-0.2, -0.15) is 0 Å². The Balaban J connectivity index is 1.40. The summed E-state index contributed by atoms with van der Waals surface area (Å²) in [5, 5.41) is 3.54. The summed E-state index contributed by atoms with van der Waals surface area (Å²) in [6.07, 6.45) is 1.93. The van der Waals surface area contributed by atoms with E-state index < -0.39 is 15.6 Å². The highest BCUT2D eigenvalue weighted by molar-refractivity contribution is 7.89. The van der Waals surface area contributed by atoms with Crippen LogP contribution in [0.3, 0.4) is 0 Å². The Morgan fingerprint density at radius 2 is 1.71 bits per heavy atom. The molecule has 4 rings (SSSR count). The van der Waals surface area contributed by atoms with Crippen LogP contribution in [-0.4, -0.2) is 68.0 Å². The number of carbonyl (C=O) groups is 2. The van der Waals surface area contributed by atoms with E-state index in [0.717, 1.165) is 5.56 Å². The normalized spacial score (nSPS) is 21.8. The highest BCUT2D eigenvalue weighted by Gasteiger charge is 2.39. The van der Waals surface area contributed by atoms with Gasteiger partial charge in [-0.3, -0.25) is 4.79 Å². The number of carbonyl (C=O) groups excluding carboxylic acids is 2. The number of ether oxygens (including phenoxy) is 1. The average Bonchev–Trinajstić information content (AvgIpc) is 2.93. The maximum Gasteiger partial charge on any atom is 0.410 e. The van der Waals surface area contributed by atoms with Crippen molar-refractivity contribution in [2.24, 2.45) is 5.92 Å². The Morgan fingerprint density at radius 1 is 1.02 bits per heavy atom. The smallest absolute Gasteiger partial charge is 0.410 e. The first-order valence-corrected chi connectivity index (χ1v) is 16.1. The minimum atomic E-state index is -3.74. The molecule has 2 aromatic carbocycles. The van der Waals surface area contributed by atoms with E-state index in [0.29, 0.717) is 62.6 Å². The Kier molecular flexibility index (Phi) is 9.87. The second-order valence-electron chi connectivity index (χ2n) is 11.7. The van der Waals surface area contributed by atoms with Crippen LogP contribution in [0.5, 0.6) is 0 Å². The first kappa shape index (κ1) is 31.1. The summed E-state index contributed by atoms with van der Waals surface area (Å²) in [5.74, 6) is -0.150. The third-order valence-corrected chi connectivity index (χ3v) is 9.36. The number of hydrogen-bond donors (Lipinski definition) is 2. The number of hydrogen-bond acceptors (Lipinski definition) is 6. The Bertz CT molecular complexity index is 1320. The molecule has 2 amide bonds. The molecule has 1 saturated carbocycles.